The largest absolute Gasteiger partial charge is 1.00 e. The first kappa shape index (κ1) is 39.3. The summed E-state index contributed by atoms with van der Waals surface area (Å²) in [5, 5.41) is 10.3. The van der Waals surface area contributed by atoms with Crippen molar-refractivity contribution in [1.82, 2.24) is 0 Å². The summed E-state index contributed by atoms with van der Waals surface area (Å²) in [4.78, 5) is 24.0. The number of likely N-dealkylation sites (N-methyl/N-ethyl adjacent to an activating group) is 1. The molecule has 0 aromatic carbocycles. The van der Waals surface area contributed by atoms with Crippen molar-refractivity contribution in [2.45, 2.75) is 148 Å². The number of hydrogen-bond acceptors (Lipinski definition) is 5. The van der Waals surface area contributed by atoms with Gasteiger partial charge in [-0.15, -0.1) is 0 Å². The number of rotatable bonds is 27. The summed E-state index contributed by atoms with van der Waals surface area (Å²) in [6.07, 6.45) is 22.2. The first-order chi connectivity index (χ1) is 17.8. The quantitative estimate of drug-likeness (QED) is 0.0913. The highest BCUT2D eigenvalue weighted by Crippen LogP contribution is 2.12. The average Bonchev–Trinajstić information content (AvgIpc) is 2.85. The summed E-state index contributed by atoms with van der Waals surface area (Å²) < 4.78 is 11.2. The highest BCUT2D eigenvalue weighted by Gasteiger charge is 2.22. The van der Waals surface area contributed by atoms with E-state index in [0.717, 1.165) is 25.7 Å². The van der Waals surface area contributed by atoms with Gasteiger partial charge in [-0.2, -0.15) is 0 Å². The Bertz CT molecular complexity index is 544. The Morgan fingerprint density at radius 3 is 1.42 bits per heavy atom. The summed E-state index contributed by atoms with van der Waals surface area (Å²) in [6, 6.07) is 0. The van der Waals surface area contributed by atoms with E-state index in [4.69, 9.17) is 9.47 Å². The van der Waals surface area contributed by atoms with Crippen LogP contribution in [-0.2, 0) is 19.1 Å². The van der Waals surface area contributed by atoms with Gasteiger partial charge in [0.25, 0.3) is 0 Å². The number of unbranched alkanes of at least 4 members (excludes halogenated alkanes) is 16. The normalized spacial score (nSPS) is 12.1. The van der Waals surface area contributed by atoms with E-state index in [1.165, 1.54) is 89.9 Å². The first-order valence-corrected chi connectivity index (χ1v) is 15.6. The van der Waals surface area contributed by atoms with Crippen LogP contribution in [0.5, 0.6) is 0 Å². The molecule has 0 saturated heterocycles. The lowest BCUT2D eigenvalue weighted by atomic mass is 10.1. The van der Waals surface area contributed by atoms with E-state index in [-0.39, 0.29) is 31.0 Å². The highest BCUT2D eigenvalue weighted by molar-refractivity contribution is 5.69. The standard InChI is InChI=1S/C31H62NO5.ClH/c1-5-7-9-11-13-15-17-19-21-23-30(34)36-26-25-32(3,4)27-29(33)28-37-31(35)24-22-20-18-16-14-12-10-8-6-2;/h29,33H,5-28H2,1-4H3;1H/q+1;/p-1. The van der Waals surface area contributed by atoms with Gasteiger partial charge >= 0.3 is 11.9 Å². The zero-order valence-electron chi connectivity index (χ0n) is 25.5. The van der Waals surface area contributed by atoms with Crippen molar-refractivity contribution < 1.29 is 41.1 Å². The number of aliphatic hydroxyl groups excluding tert-OH is 1. The van der Waals surface area contributed by atoms with Crippen molar-refractivity contribution >= 4 is 11.9 Å². The summed E-state index contributed by atoms with van der Waals surface area (Å²) >= 11 is 0. The van der Waals surface area contributed by atoms with Gasteiger partial charge in [-0.25, -0.2) is 0 Å². The molecule has 0 fully saturated rings. The van der Waals surface area contributed by atoms with Crippen LogP contribution in [0.3, 0.4) is 0 Å². The molecule has 0 radical (unpaired) electrons. The monoisotopic (exact) mass is 563 g/mol. The third kappa shape index (κ3) is 28.2. The maximum atomic E-state index is 12.0. The van der Waals surface area contributed by atoms with Crippen molar-refractivity contribution in [3.8, 4) is 0 Å². The van der Waals surface area contributed by atoms with Crippen molar-refractivity contribution in [2.75, 3.05) is 40.4 Å². The molecule has 0 aliphatic carbocycles. The van der Waals surface area contributed by atoms with E-state index in [0.29, 0.717) is 37.0 Å². The van der Waals surface area contributed by atoms with Gasteiger partial charge in [0.05, 0.1) is 14.1 Å². The lowest BCUT2D eigenvalue weighted by Gasteiger charge is -2.31. The molecule has 38 heavy (non-hydrogen) atoms. The number of carbonyl (C=O) groups excluding carboxylic acids is 2. The fourth-order valence-corrected chi connectivity index (χ4v) is 4.61. The molecule has 0 aromatic rings. The molecule has 0 aliphatic heterocycles. The number of carbonyl (C=O) groups is 2. The van der Waals surface area contributed by atoms with Gasteiger partial charge in [-0.3, -0.25) is 9.59 Å². The predicted molar refractivity (Wildman–Crippen MR) is 153 cm³/mol. The minimum atomic E-state index is -0.722. The fraction of sp³-hybridized carbons (Fsp3) is 0.935. The number of nitrogens with zero attached hydrogens (tertiary/aromatic N) is 1. The molecule has 6 nitrogen and oxygen atoms in total. The SMILES string of the molecule is CCCCCCCCCCCC(=O)OCC[N+](C)(C)CC(O)COC(=O)CCCCCCCCCCC.[Cl-]. The van der Waals surface area contributed by atoms with Crippen molar-refractivity contribution in [3.63, 3.8) is 0 Å². The number of halogens is 1. The Morgan fingerprint density at radius 2 is 1.00 bits per heavy atom. The summed E-state index contributed by atoms with van der Waals surface area (Å²) in [5.74, 6) is -0.355. The number of ether oxygens (including phenoxy) is 2. The van der Waals surface area contributed by atoms with Gasteiger partial charge in [-0.1, -0.05) is 117 Å². The van der Waals surface area contributed by atoms with Crippen LogP contribution in [0, 0.1) is 0 Å². The number of esters is 2. The second-order valence-electron chi connectivity index (χ2n) is 11.6. The maximum absolute atomic E-state index is 12.0. The van der Waals surface area contributed by atoms with Gasteiger partial charge in [0.15, 0.2) is 0 Å². The van der Waals surface area contributed by atoms with Crippen LogP contribution < -0.4 is 12.4 Å². The van der Waals surface area contributed by atoms with E-state index in [1.54, 1.807) is 0 Å². The minimum Gasteiger partial charge on any atom is -1.00 e. The molecule has 0 bridgehead atoms. The minimum absolute atomic E-state index is 0. The van der Waals surface area contributed by atoms with Crippen LogP contribution in [0.1, 0.15) is 142 Å². The van der Waals surface area contributed by atoms with Crippen LogP contribution in [0.15, 0.2) is 0 Å². The topological polar surface area (TPSA) is 72.8 Å². The molecule has 0 rings (SSSR count). The molecule has 1 unspecified atom stereocenters. The third-order valence-electron chi connectivity index (χ3n) is 7.07. The third-order valence-corrected chi connectivity index (χ3v) is 7.07. The zero-order valence-corrected chi connectivity index (χ0v) is 26.2. The van der Waals surface area contributed by atoms with E-state index in [1.807, 2.05) is 14.1 Å². The molecule has 228 valence electrons. The smallest absolute Gasteiger partial charge is 0.305 e. The first-order valence-electron chi connectivity index (χ1n) is 15.6. The number of aliphatic hydroxyl groups is 1. The molecule has 0 saturated carbocycles. The molecule has 0 aliphatic rings. The highest BCUT2D eigenvalue weighted by atomic mass is 35.5. The molecule has 0 spiro atoms. The van der Waals surface area contributed by atoms with Gasteiger partial charge in [0, 0.05) is 12.8 Å². The molecule has 0 amide bonds. The molecular weight excluding hydrogens is 502 g/mol. The van der Waals surface area contributed by atoms with Crippen molar-refractivity contribution in [3.05, 3.63) is 0 Å². The lowest BCUT2D eigenvalue weighted by Crippen LogP contribution is -3.00. The molecule has 1 N–H and O–H groups in total. The van der Waals surface area contributed by atoms with Gasteiger partial charge < -0.3 is 31.5 Å². The lowest BCUT2D eigenvalue weighted by molar-refractivity contribution is -0.893. The van der Waals surface area contributed by atoms with E-state index < -0.39 is 6.10 Å². The average molecular weight is 564 g/mol. The van der Waals surface area contributed by atoms with E-state index in [9.17, 15) is 14.7 Å². The Kier molecular flexibility index (Phi) is 28.7. The van der Waals surface area contributed by atoms with E-state index >= 15 is 0 Å². The van der Waals surface area contributed by atoms with Crippen LogP contribution >= 0.6 is 0 Å². The Hall–Kier alpha value is -0.850. The molecule has 0 aromatic heterocycles. The summed E-state index contributed by atoms with van der Waals surface area (Å²) in [5.41, 5.74) is 0. The van der Waals surface area contributed by atoms with Gasteiger partial charge in [0.2, 0.25) is 0 Å². The summed E-state index contributed by atoms with van der Waals surface area (Å²) in [7, 11) is 3.98. The Balaban J connectivity index is 0. The predicted octanol–water partition coefficient (Wildman–Crippen LogP) is 4.36. The molecule has 0 heterocycles. The zero-order chi connectivity index (χ0) is 27.6. The second kappa shape index (κ2) is 27.7. The summed E-state index contributed by atoms with van der Waals surface area (Å²) in [6.45, 7) is 5.90. The Morgan fingerprint density at radius 1 is 0.632 bits per heavy atom. The Labute approximate surface area is 241 Å². The van der Waals surface area contributed by atoms with Gasteiger partial charge in [-0.05, 0) is 12.8 Å². The van der Waals surface area contributed by atoms with Crippen LogP contribution in [-0.4, -0.2) is 68.0 Å². The van der Waals surface area contributed by atoms with E-state index in [2.05, 4.69) is 13.8 Å². The van der Waals surface area contributed by atoms with Crippen LogP contribution in [0.4, 0.5) is 0 Å². The van der Waals surface area contributed by atoms with Crippen molar-refractivity contribution in [2.24, 2.45) is 0 Å². The molecule has 7 heteroatoms. The molecule has 1 atom stereocenters. The maximum Gasteiger partial charge on any atom is 0.305 e. The van der Waals surface area contributed by atoms with Crippen molar-refractivity contribution in [1.29, 1.82) is 0 Å². The van der Waals surface area contributed by atoms with Crippen LogP contribution in [0.2, 0.25) is 0 Å². The second-order valence-corrected chi connectivity index (χ2v) is 11.6. The fourth-order valence-electron chi connectivity index (χ4n) is 4.61. The molecular formula is C31H62ClNO5. The number of hydrogen-bond donors (Lipinski definition) is 1. The number of quaternary nitrogens is 1. The van der Waals surface area contributed by atoms with Gasteiger partial charge in [0.1, 0.15) is 32.4 Å². The van der Waals surface area contributed by atoms with Crippen LogP contribution in [0.25, 0.3) is 0 Å².